The van der Waals surface area contributed by atoms with Crippen LogP contribution in [0.1, 0.15) is 103 Å². The van der Waals surface area contributed by atoms with Crippen molar-refractivity contribution >= 4 is 11.6 Å². The standard InChI is InChI=1S/C24H41NO2/c1-2-3-4-14-19-23(26)20-15-9-7-5-6-8-10-16-21-24(27)25-22-17-12-11-13-18-22/h11-13,17-18,23,26H,2-10,14-16,19-21H2,1H3,(H,25,27). The molecule has 27 heavy (non-hydrogen) atoms. The third kappa shape index (κ3) is 14.4. The summed E-state index contributed by atoms with van der Waals surface area (Å²) in [7, 11) is 0. The van der Waals surface area contributed by atoms with Gasteiger partial charge in [-0.2, -0.15) is 0 Å². The smallest absolute Gasteiger partial charge is 0.224 e. The largest absolute Gasteiger partial charge is 0.393 e. The molecule has 3 heteroatoms. The molecule has 1 rings (SSSR count). The molecule has 0 saturated heterocycles. The predicted molar refractivity (Wildman–Crippen MR) is 116 cm³/mol. The fourth-order valence-electron chi connectivity index (χ4n) is 3.42. The molecule has 1 unspecified atom stereocenters. The number of aliphatic hydroxyl groups excluding tert-OH is 1. The minimum atomic E-state index is -0.0797. The summed E-state index contributed by atoms with van der Waals surface area (Å²) >= 11 is 0. The van der Waals surface area contributed by atoms with E-state index < -0.39 is 0 Å². The number of unbranched alkanes of at least 4 members (excludes halogenated alkanes) is 10. The molecule has 0 aromatic heterocycles. The average molecular weight is 376 g/mol. The van der Waals surface area contributed by atoms with E-state index in [1.807, 2.05) is 30.3 Å². The average Bonchev–Trinajstić information content (AvgIpc) is 2.67. The summed E-state index contributed by atoms with van der Waals surface area (Å²) in [5.41, 5.74) is 0.883. The van der Waals surface area contributed by atoms with Gasteiger partial charge in [-0.1, -0.05) is 95.8 Å². The van der Waals surface area contributed by atoms with Gasteiger partial charge in [0.2, 0.25) is 5.91 Å². The lowest BCUT2D eigenvalue weighted by Crippen LogP contribution is -2.10. The van der Waals surface area contributed by atoms with Gasteiger partial charge >= 0.3 is 0 Å². The van der Waals surface area contributed by atoms with Crippen molar-refractivity contribution in [2.24, 2.45) is 0 Å². The Morgan fingerprint density at radius 2 is 1.33 bits per heavy atom. The van der Waals surface area contributed by atoms with Crippen molar-refractivity contribution in [3.05, 3.63) is 30.3 Å². The van der Waals surface area contributed by atoms with E-state index >= 15 is 0 Å². The maximum atomic E-state index is 11.8. The van der Waals surface area contributed by atoms with Crippen molar-refractivity contribution in [2.45, 2.75) is 109 Å². The van der Waals surface area contributed by atoms with E-state index in [1.165, 1.54) is 57.8 Å². The Bertz CT molecular complexity index is 461. The number of anilines is 1. The number of aliphatic hydroxyl groups is 1. The third-order valence-corrected chi connectivity index (χ3v) is 5.14. The minimum Gasteiger partial charge on any atom is -0.393 e. The predicted octanol–water partition coefficient (Wildman–Crippen LogP) is 6.86. The highest BCUT2D eigenvalue weighted by atomic mass is 16.3. The fraction of sp³-hybridized carbons (Fsp3) is 0.708. The molecule has 1 aromatic carbocycles. The van der Waals surface area contributed by atoms with Crippen molar-refractivity contribution in [2.75, 3.05) is 5.32 Å². The van der Waals surface area contributed by atoms with Gasteiger partial charge < -0.3 is 10.4 Å². The first-order valence-corrected chi connectivity index (χ1v) is 11.3. The molecule has 0 aliphatic heterocycles. The summed E-state index contributed by atoms with van der Waals surface area (Å²) in [6.45, 7) is 2.22. The van der Waals surface area contributed by atoms with Gasteiger partial charge in [-0.15, -0.1) is 0 Å². The number of para-hydroxylation sites is 1. The molecule has 2 N–H and O–H groups in total. The highest BCUT2D eigenvalue weighted by Crippen LogP contribution is 2.14. The molecule has 1 aromatic rings. The van der Waals surface area contributed by atoms with Gasteiger partial charge in [-0.3, -0.25) is 4.79 Å². The Labute approximate surface area is 167 Å². The highest BCUT2D eigenvalue weighted by Gasteiger charge is 2.04. The first-order chi connectivity index (χ1) is 13.2. The van der Waals surface area contributed by atoms with Crippen molar-refractivity contribution < 1.29 is 9.90 Å². The molecule has 0 spiro atoms. The number of hydrogen-bond acceptors (Lipinski definition) is 2. The molecular formula is C24H41NO2. The van der Waals surface area contributed by atoms with E-state index in [-0.39, 0.29) is 12.0 Å². The maximum Gasteiger partial charge on any atom is 0.224 e. The van der Waals surface area contributed by atoms with Crippen molar-refractivity contribution in [1.29, 1.82) is 0 Å². The summed E-state index contributed by atoms with van der Waals surface area (Å²) in [6, 6.07) is 9.66. The Kier molecular flexibility index (Phi) is 14.7. The molecule has 0 heterocycles. The summed E-state index contributed by atoms with van der Waals surface area (Å²) in [4.78, 5) is 11.8. The van der Waals surface area contributed by atoms with Gasteiger partial charge in [0, 0.05) is 12.1 Å². The van der Waals surface area contributed by atoms with Crippen LogP contribution in [0.25, 0.3) is 0 Å². The first-order valence-electron chi connectivity index (χ1n) is 11.3. The zero-order valence-electron chi connectivity index (χ0n) is 17.4. The number of nitrogens with one attached hydrogen (secondary N) is 1. The molecule has 0 radical (unpaired) electrons. The molecule has 0 bridgehead atoms. The Balaban J connectivity index is 1.83. The topological polar surface area (TPSA) is 49.3 Å². The molecule has 3 nitrogen and oxygen atoms in total. The zero-order chi connectivity index (χ0) is 19.6. The molecule has 0 saturated carbocycles. The highest BCUT2D eigenvalue weighted by molar-refractivity contribution is 5.90. The maximum absolute atomic E-state index is 11.8. The SMILES string of the molecule is CCCCCCC(O)CCCCCCCCCCC(=O)Nc1ccccc1. The number of carbonyl (C=O) groups excluding carboxylic acids is 1. The van der Waals surface area contributed by atoms with Crippen molar-refractivity contribution in [3.8, 4) is 0 Å². The minimum absolute atomic E-state index is 0.0797. The second kappa shape index (κ2) is 16.8. The molecule has 1 amide bonds. The van der Waals surface area contributed by atoms with Crippen LogP contribution in [0.4, 0.5) is 5.69 Å². The van der Waals surface area contributed by atoms with E-state index in [2.05, 4.69) is 12.2 Å². The number of carbonyl (C=O) groups is 1. The van der Waals surface area contributed by atoms with E-state index in [4.69, 9.17) is 0 Å². The van der Waals surface area contributed by atoms with Crippen LogP contribution in [0.15, 0.2) is 30.3 Å². The molecule has 0 aliphatic rings. The van der Waals surface area contributed by atoms with Gasteiger partial charge in [0.05, 0.1) is 6.10 Å². The lowest BCUT2D eigenvalue weighted by molar-refractivity contribution is -0.116. The van der Waals surface area contributed by atoms with E-state index in [9.17, 15) is 9.90 Å². The number of rotatable bonds is 17. The Morgan fingerprint density at radius 3 is 1.93 bits per heavy atom. The van der Waals surface area contributed by atoms with Crippen LogP contribution in [-0.2, 0) is 4.79 Å². The molecule has 1 atom stereocenters. The number of benzene rings is 1. The lowest BCUT2D eigenvalue weighted by Gasteiger charge is -2.10. The summed E-state index contributed by atoms with van der Waals surface area (Å²) in [5, 5.41) is 12.9. The van der Waals surface area contributed by atoms with Crippen LogP contribution in [0, 0.1) is 0 Å². The Morgan fingerprint density at radius 1 is 0.815 bits per heavy atom. The zero-order valence-corrected chi connectivity index (χ0v) is 17.4. The van der Waals surface area contributed by atoms with Gasteiger partial charge in [0.25, 0.3) is 0 Å². The van der Waals surface area contributed by atoms with Gasteiger partial charge in [-0.05, 0) is 31.4 Å². The van der Waals surface area contributed by atoms with Crippen LogP contribution >= 0.6 is 0 Å². The van der Waals surface area contributed by atoms with Crippen molar-refractivity contribution in [1.82, 2.24) is 0 Å². The van der Waals surface area contributed by atoms with Crippen molar-refractivity contribution in [3.63, 3.8) is 0 Å². The second-order valence-electron chi connectivity index (χ2n) is 7.78. The van der Waals surface area contributed by atoms with Crippen LogP contribution < -0.4 is 5.32 Å². The van der Waals surface area contributed by atoms with Gasteiger partial charge in [0.15, 0.2) is 0 Å². The summed E-state index contributed by atoms with van der Waals surface area (Å²) in [5.74, 6) is 0.120. The van der Waals surface area contributed by atoms with E-state index in [0.717, 1.165) is 37.8 Å². The first kappa shape index (κ1) is 23.7. The molecule has 0 aliphatic carbocycles. The monoisotopic (exact) mass is 375 g/mol. The Hall–Kier alpha value is -1.35. The van der Waals surface area contributed by atoms with Crippen LogP contribution in [0.5, 0.6) is 0 Å². The fourth-order valence-corrected chi connectivity index (χ4v) is 3.42. The van der Waals surface area contributed by atoms with E-state index in [1.54, 1.807) is 0 Å². The van der Waals surface area contributed by atoms with Gasteiger partial charge in [0.1, 0.15) is 0 Å². The summed E-state index contributed by atoms with van der Waals surface area (Å²) < 4.78 is 0. The lowest BCUT2D eigenvalue weighted by atomic mass is 10.0. The molecule has 154 valence electrons. The third-order valence-electron chi connectivity index (χ3n) is 5.14. The molecule has 0 fully saturated rings. The summed E-state index contributed by atoms with van der Waals surface area (Å²) in [6.07, 6.45) is 17.1. The number of hydrogen-bond donors (Lipinski definition) is 2. The number of amides is 1. The normalized spacial score (nSPS) is 12.1. The second-order valence-corrected chi connectivity index (χ2v) is 7.78. The van der Waals surface area contributed by atoms with E-state index in [0.29, 0.717) is 6.42 Å². The molecular weight excluding hydrogens is 334 g/mol. The van der Waals surface area contributed by atoms with Gasteiger partial charge in [-0.25, -0.2) is 0 Å². The van der Waals surface area contributed by atoms with Crippen LogP contribution in [0.2, 0.25) is 0 Å². The van der Waals surface area contributed by atoms with Crippen LogP contribution in [-0.4, -0.2) is 17.1 Å². The quantitative estimate of drug-likeness (QED) is 0.292. The van der Waals surface area contributed by atoms with Crippen LogP contribution in [0.3, 0.4) is 0 Å².